The summed E-state index contributed by atoms with van der Waals surface area (Å²) in [5.41, 5.74) is 3.26. The van der Waals surface area contributed by atoms with Crippen LogP contribution in [0.5, 0.6) is 0 Å². The summed E-state index contributed by atoms with van der Waals surface area (Å²) in [6.07, 6.45) is 1.54. The van der Waals surface area contributed by atoms with Crippen molar-refractivity contribution >= 4 is 11.8 Å². The van der Waals surface area contributed by atoms with E-state index in [4.69, 9.17) is 9.59 Å². The van der Waals surface area contributed by atoms with Gasteiger partial charge in [-0.25, -0.2) is 0 Å². The summed E-state index contributed by atoms with van der Waals surface area (Å²) >= 11 is 0. The molecule has 1 aromatic rings. The molecule has 1 fully saturated rings. The van der Waals surface area contributed by atoms with Crippen LogP contribution in [-0.2, 0) is 15.0 Å². The molecule has 0 aromatic heterocycles. The number of likely N-dealkylation sites (N-methyl/N-ethyl adjacent to an activating group) is 1. The Morgan fingerprint density at radius 3 is 2.45 bits per heavy atom. The van der Waals surface area contributed by atoms with E-state index in [1.807, 2.05) is 13.8 Å². The second kappa shape index (κ2) is 7.22. The minimum Gasteiger partial charge on any atom is -0.384 e. The van der Waals surface area contributed by atoms with Crippen molar-refractivity contribution in [2.24, 2.45) is 0 Å². The van der Waals surface area contributed by atoms with Gasteiger partial charge in [0.25, 0.3) is 0 Å². The van der Waals surface area contributed by atoms with Crippen LogP contribution >= 0.6 is 0 Å². The fourth-order valence-electron chi connectivity index (χ4n) is 3.20. The molecule has 4 nitrogen and oxygen atoms in total. The van der Waals surface area contributed by atoms with Gasteiger partial charge in [0.05, 0.1) is 0 Å². The predicted molar refractivity (Wildman–Crippen MR) is 79.7 cm³/mol. The molecule has 1 saturated heterocycles. The maximum atomic E-state index is 8.12. The zero-order valence-corrected chi connectivity index (χ0v) is 12.8. The van der Waals surface area contributed by atoms with Crippen LogP contribution in [0, 0.1) is 0 Å². The van der Waals surface area contributed by atoms with Gasteiger partial charge < -0.3 is 10.2 Å². The van der Waals surface area contributed by atoms with Crippen LogP contribution in [0.25, 0.3) is 0 Å². The van der Waals surface area contributed by atoms with E-state index in [1.165, 1.54) is 24.2 Å². The largest absolute Gasteiger partial charge is 0.384 e. The first-order chi connectivity index (χ1) is 9.63. The van der Waals surface area contributed by atoms with Crippen molar-refractivity contribution in [3.63, 3.8) is 0 Å². The van der Waals surface area contributed by atoms with Crippen molar-refractivity contribution in [2.75, 3.05) is 25.5 Å². The number of para-hydroxylation sites is 1. The van der Waals surface area contributed by atoms with Crippen molar-refractivity contribution in [3.05, 3.63) is 29.8 Å². The quantitative estimate of drug-likeness (QED) is 0.791. The molecule has 0 aliphatic carbocycles. The molecule has 0 radical (unpaired) electrons. The number of hydrogen-bond donors (Lipinski definition) is 1. The van der Waals surface area contributed by atoms with Crippen molar-refractivity contribution in [3.8, 4) is 0 Å². The summed E-state index contributed by atoms with van der Waals surface area (Å²) in [6, 6.07) is 9.48. The number of nitrogens with one attached hydrogen (secondary N) is 1. The van der Waals surface area contributed by atoms with Crippen LogP contribution in [0.4, 0.5) is 5.69 Å². The molecule has 2 aliphatic heterocycles. The highest BCUT2D eigenvalue weighted by Crippen LogP contribution is 2.44. The number of hydrogen-bond acceptors (Lipinski definition) is 4. The lowest BCUT2D eigenvalue weighted by Gasteiger charge is -2.22. The van der Waals surface area contributed by atoms with Gasteiger partial charge in [-0.15, -0.1) is 0 Å². The number of fused-ring (bicyclic) bond motifs is 2. The van der Waals surface area contributed by atoms with E-state index in [0.717, 1.165) is 6.54 Å². The summed E-state index contributed by atoms with van der Waals surface area (Å²) < 4.78 is 0. The smallest absolute Gasteiger partial charge is 0.373 e. The SMILES string of the molecule is CC.CC1CC2(CNc3ccccc32)CN1C.O=C=O. The van der Waals surface area contributed by atoms with E-state index >= 15 is 0 Å². The number of benzene rings is 1. The first-order valence-electron chi connectivity index (χ1n) is 7.16. The van der Waals surface area contributed by atoms with E-state index < -0.39 is 0 Å². The van der Waals surface area contributed by atoms with Gasteiger partial charge in [0.1, 0.15) is 0 Å². The summed E-state index contributed by atoms with van der Waals surface area (Å²) in [4.78, 5) is 18.7. The number of nitrogens with zero attached hydrogens (tertiary/aromatic N) is 1. The van der Waals surface area contributed by atoms with Gasteiger partial charge in [0.15, 0.2) is 0 Å². The van der Waals surface area contributed by atoms with Crippen molar-refractivity contribution in [2.45, 2.75) is 38.6 Å². The fourth-order valence-corrected chi connectivity index (χ4v) is 3.20. The highest BCUT2D eigenvalue weighted by Gasteiger charge is 2.45. The molecule has 0 amide bonds. The van der Waals surface area contributed by atoms with Gasteiger partial charge in [0, 0.05) is 30.2 Å². The first kappa shape index (κ1) is 16.4. The Hall–Kier alpha value is -1.64. The van der Waals surface area contributed by atoms with Gasteiger partial charge in [0.2, 0.25) is 0 Å². The standard InChI is InChI=1S/C13H18N2.C2H6.CO2/c1-10-7-13(9-15(10)2)8-14-12-6-4-3-5-11(12)13;1-2;2-1-3/h3-6,10,14H,7-9H2,1-2H3;1-2H3;. The topological polar surface area (TPSA) is 49.4 Å². The molecule has 110 valence electrons. The zero-order valence-electron chi connectivity index (χ0n) is 12.8. The second-order valence-corrected chi connectivity index (χ2v) is 5.23. The average molecular weight is 276 g/mol. The van der Waals surface area contributed by atoms with Crippen LogP contribution in [0.2, 0.25) is 0 Å². The Labute approximate surface area is 121 Å². The van der Waals surface area contributed by atoms with E-state index in [1.54, 1.807) is 0 Å². The molecule has 2 atom stereocenters. The molecule has 4 heteroatoms. The molecular weight excluding hydrogens is 252 g/mol. The predicted octanol–water partition coefficient (Wildman–Crippen LogP) is 2.52. The third-order valence-corrected chi connectivity index (χ3v) is 4.11. The number of anilines is 1. The van der Waals surface area contributed by atoms with Crippen LogP contribution in [0.1, 0.15) is 32.8 Å². The Bertz CT molecular complexity index is 457. The van der Waals surface area contributed by atoms with Crippen molar-refractivity contribution in [1.82, 2.24) is 4.90 Å². The second-order valence-electron chi connectivity index (χ2n) is 5.23. The summed E-state index contributed by atoms with van der Waals surface area (Å²) in [5.74, 6) is 0. The zero-order chi connectivity index (χ0) is 15.2. The molecule has 0 saturated carbocycles. The molecule has 1 aromatic carbocycles. The van der Waals surface area contributed by atoms with Crippen LogP contribution in [0.3, 0.4) is 0 Å². The lowest BCUT2D eigenvalue weighted by atomic mass is 9.80. The van der Waals surface area contributed by atoms with Crippen molar-refractivity contribution in [1.29, 1.82) is 0 Å². The number of carbonyl (C=O) groups excluding carboxylic acids is 2. The molecule has 2 aliphatic rings. The molecule has 2 unspecified atom stereocenters. The van der Waals surface area contributed by atoms with Gasteiger partial charge in [-0.2, -0.15) is 9.59 Å². The third-order valence-electron chi connectivity index (χ3n) is 4.11. The van der Waals surface area contributed by atoms with Crippen molar-refractivity contribution < 1.29 is 9.59 Å². The van der Waals surface area contributed by atoms with Gasteiger partial charge in [-0.3, -0.25) is 0 Å². The summed E-state index contributed by atoms with van der Waals surface area (Å²) in [5, 5.41) is 3.55. The minimum atomic E-state index is 0.250. The maximum absolute atomic E-state index is 8.12. The normalized spacial score (nSPS) is 26.5. The number of rotatable bonds is 0. The lowest BCUT2D eigenvalue weighted by Crippen LogP contribution is -2.31. The van der Waals surface area contributed by atoms with E-state index in [-0.39, 0.29) is 6.15 Å². The molecule has 1 N–H and O–H groups in total. The average Bonchev–Trinajstić information content (AvgIpc) is 2.95. The van der Waals surface area contributed by atoms with Gasteiger partial charge in [-0.1, -0.05) is 32.0 Å². The maximum Gasteiger partial charge on any atom is 0.373 e. The van der Waals surface area contributed by atoms with Gasteiger partial charge in [-0.05, 0) is 32.0 Å². The molecule has 1 spiro atoms. The van der Waals surface area contributed by atoms with Crippen LogP contribution in [0.15, 0.2) is 24.3 Å². The Kier molecular flexibility index (Phi) is 5.93. The monoisotopic (exact) mass is 276 g/mol. The van der Waals surface area contributed by atoms with E-state index in [9.17, 15) is 0 Å². The summed E-state index contributed by atoms with van der Waals surface area (Å²) in [7, 11) is 2.24. The number of likely N-dealkylation sites (tertiary alicyclic amines) is 1. The van der Waals surface area contributed by atoms with Crippen LogP contribution in [-0.4, -0.2) is 37.2 Å². The molecular formula is C16H24N2O2. The Balaban J connectivity index is 0.000000357. The van der Waals surface area contributed by atoms with Crippen LogP contribution < -0.4 is 5.32 Å². The molecule has 3 rings (SSSR count). The first-order valence-corrected chi connectivity index (χ1v) is 7.16. The molecule has 0 bridgehead atoms. The highest BCUT2D eigenvalue weighted by molar-refractivity contribution is 5.61. The Morgan fingerprint density at radius 1 is 1.30 bits per heavy atom. The summed E-state index contributed by atoms with van der Waals surface area (Å²) in [6.45, 7) is 8.63. The molecule has 2 heterocycles. The Morgan fingerprint density at radius 2 is 1.90 bits per heavy atom. The minimum absolute atomic E-state index is 0.250. The lowest BCUT2D eigenvalue weighted by molar-refractivity contribution is -0.191. The van der Waals surface area contributed by atoms with E-state index in [2.05, 4.69) is 48.5 Å². The molecule has 20 heavy (non-hydrogen) atoms. The third kappa shape index (κ3) is 3.09. The van der Waals surface area contributed by atoms with Gasteiger partial charge >= 0.3 is 6.15 Å². The highest BCUT2D eigenvalue weighted by atomic mass is 16.2. The fraction of sp³-hybridized carbons (Fsp3) is 0.562. The van der Waals surface area contributed by atoms with E-state index in [0.29, 0.717) is 11.5 Å².